The minimum Gasteiger partial charge on any atom is -0.496 e. The van der Waals surface area contributed by atoms with Gasteiger partial charge in [-0.15, -0.1) is 0 Å². The van der Waals surface area contributed by atoms with Gasteiger partial charge in [0.15, 0.2) is 0 Å². The Morgan fingerprint density at radius 3 is 2.30 bits per heavy atom. The molecule has 3 aliphatic heterocycles. The number of nitrogens with zero attached hydrogens (tertiary/aromatic N) is 4. The van der Waals surface area contributed by atoms with Gasteiger partial charge in [-0.25, -0.2) is 0 Å². The summed E-state index contributed by atoms with van der Waals surface area (Å²) in [5, 5.41) is 0. The molecule has 2 saturated heterocycles. The third kappa shape index (κ3) is 5.65. The van der Waals surface area contributed by atoms with Crippen molar-refractivity contribution in [2.75, 3.05) is 69.8 Å². The zero-order chi connectivity index (χ0) is 25.8. The van der Waals surface area contributed by atoms with Crippen LogP contribution in [0.4, 0.5) is 11.4 Å². The highest BCUT2D eigenvalue weighted by molar-refractivity contribution is 5.65. The molecule has 2 fully saturated rings. The number of fused-ring (bicyclic) bond motifs is 1. The van der Waals surface area contributed by atoms with Crippen molar-refractivity contribution in [3.05, 3.63) is 53.1 Å². The molecule has 0 amide bonds. The number of piperidine rings is 1. The van der Waals surface area contributed by atoms with Gasteiger partial charge in [-0.05, 0) is 67.6 Å². The van der Waals surface area contributed by atoms with Crippen molar-refractivity contribution < 1.29 is 9.53 Å². The molecule has 6 heteroatoms. The van der Waals surface area contributed by atoms with Gasteiger partial charge >= 0.3 is 0 Å². The van der Waals surface area contributed by atoms with E-state index < -0.39 is 0 Å². The lowest BCUT2D eigenvalue weighted by molar-refractivity contribution is -0.113. The number of anilines is 2. The lowest BCUT2D eigenvalue weighted by atomic mass is 9.92. The van der Waals surface area contributed by atoms with Crippen LogP contribution in [0.15, 0.2) is 36.4 Å². The lowest BCUT2D eigenvalue weighted by Gasteiger charge is -2.39. The summed E-state index contributed by atoms with van der Waals surface area (Å²) in [6, 6.07) is 12.9. The zero-order valence-electron chi connectivity index (χ0n) is 23.0. The van der Waals surface area contributed by atoms with Crippen LogP contribution in [0.5, 0.6) is 5.75 Å². The van der Waals surface area contributed by atoms with Crippen LogP contribution < -0.4 is 14.5 Å². The maximum Gasteiger partial charge on any atom is 0.141 e. The zero-order valence-corrected chi connectivity index (χ0v) is 23.0. The van der Waals surface area contributed by atoms with Gasteiger partial charge in [0.1, 0.15) is 12.0 Å². The van der Waals surface area contributed by atoms with Crippen LogP contribution in [0.3, 0.4) is 0 Å². The molecule has 0 aromatic heterocycles. The molecule has 0 radical (unpaired) electrons. The predicted octanol–water partition coefficient (Wildman–Crippen LogP) is 4.76. The molecule has 37 heavy (non-hydrogen) atoms. The van der Waals surface area contributed by atoms with Gasteiger partial charge in [0.25, 0.3) is 0 Å². The highest BCUT2D eigenvalue weighted by Gasteiger charge is 2.30. The standard InChI is InChI=1S/C31H44N4O2/c1-4-5-24-12-15-33(16-13-24)26-8-6-25(7-9-26)30(23-36)35-17-14-27-28(22-35)29(10-11-31(27)37-3)34-20-18-32(2)19-21-34/h6-11,23-24,30H,4-5,12-22H2,1-3H3/t30-/m1/s1. The van der Waals surface area contributed by atoms with Crippen molar-refractivity contribution >= 4 is 17.7 Å². The topological polar surface area (TPSA) is 39.3 Å². The van der Waals surface area contributed by atoms with Crippen LogP contribution in [-0.4, -0.2) is 76.1 Å². The Balaban J connectivity index is 1.32. The van der Waals surface area contributed by atoms with Gasteiger partial charge in [-0.1, -0.05) is 31.9 Å². The monoisotopic (exact) mass is 504 g/mol. The number of aldehydes is 1. The molecule has 0 N–H and O–H groups in total. The fourth-order valence-electron chi connectivity index (χ4n) is 6.57. The summed E-state index contributed by atoms with van der Waals surface area (Å²) in [5.74, 6) is 1.86. The molecule has 1 atom stereocenters. The summed E-state index contributed by atoms with van der Waals surface area (Å²) >= 11 is 0. The first-order chi connectivity index (χ1) is 18.1. The van der Waals surface area contributed by atoms with Crippen LogP contribution in [0.25, 0.3) is 0 Å². The number of rotatable bonds is 8. The molecule has 2 aromatic rings. The highest BCUT2D eigenvalue weighted by atomic mass is 16.5. The molecule has 3 aliphatic rings. The Kier molecular flexibility index (Phi) is 8.36. The largest absolute Gasteiger partial charge is 0.496 e. The average Bonchev–Trinajstić information content (AvgIpc) is 2.94. The number of hydrogen-bond donors (Lipinski definition) is 0. The molecule has 0 aliphatic carbocycles. The summed E-state index contributed by atoms with van der Waals surface area (Å²) in [6.07, 6.45) is 7.26. The van der Waals surface area contributed by atoms with Gasteiger partial charge in [0, 0.05) is 69.3 Å². The molecule has 200 valence electrons. The van der Waals surface area contributed by atoms with E-state index in [1.807, 2.05) is 0 Å². The molecule has 0 spiro atoms. The first-order valence-corrected chi connectivity index (χ1v) is 14.3. The third-order valence-corrected chi connectivity index (χ3v) is 8.87. The minimum absolute atomic E-state index is 0.232. The highest BCUT2D eigenvalue weighted by Crippen LogP contribution is 2.38. The van der Waals surface area contributed by atoms with E-state index in [0.29, 0.717) is 0 Å². The second-order valence-corrected chi connectivity index (χ2v) is 11.1. The summed E-state index contributed by atoms with van der Waals surface area (Å²) in [6.45, 7) is 10.4. The fourth-order valence-corrected chi connectivity index (χ4v) is 6.57. The second-order valence-electron chi connectivity index (χ2n) is 11.1. The van der Waals surface area contributed by atoms with Crippen LogP contribution >= 0.6 is 0 Å². The normalized spacial score (nSPS) is 20.5. The molecular weight excluding hydrogens is 460 g/mol. The van der Waals surface area contributed by atoms with Gasteiger partial charge in [0.2, 0.25) is 0 Å². The lowest BCUT2D eigenvalue weighted by Crippen LogP contribution is -2.45. The van der Waals surface area contributed by atoms with Gasteiger partial charge in [-0.2, -0.15) is 0 Å². The maximum atomic E-state index is 12.5. The quantitative estimate of drug-likeness (QED) is 0.483. The van der Waals surface area contributed by atoms with Crippen LogP contribution in [-0.2, 0) is 17.8 Å². The molecule has 0 saturated carbocycles. The predicted molar refractivity (Wildman–Crippen MR) is 152 cm³/mol. The van der Waals surface area contributed by atoms with E-state index in [0.717, 1.165) is 82.3 Å². The first kappa shape index (κ1) is 26.1. The van der Waals surface area contributed by atoms with E-state index >= 15 is 0 Å². The molecule has 3 heterocycles. The molecule has 6 nitrogen and oxygen atoms in total. The smallest absolute Gasteiger partial charge is 0.141 e. The Bertz CT molecular complexity index is 1040. The second kappa shape index (κ2) is 11.9. The fraction of sp³-hybridized carbons (Fsp3) is 0.581. The van der Waals surface area contributed by atoms with E-state index in [2.05, 4.69) is 70.0 Å². The summed E-state index contributed by atoms with van der Waals surface area (Å²) in [5.41, 5.74) is 6.32. The molecular formula is C31H44N4O2. The molecule has 0 unspecified atom stereocenters. The number of methoxy groups -OCH3 is 1. The van der Waals surface area contributed by atoms with Crippen molar-refractivity contribution in [3.8, 4) is 5.75 Å². The van der Waals surface area contributed by atoms with E-state index in [1.165, 1.54) is 48.2 Å². The van der Waals surface area contributed by atoms with E-state index in [4.69, 9.17) is 4.74 Å². The first-order valence-electron chi connectivity index (χ1n) is 14.3. The Hall–Kier alpha value is -2.57. The van der Waals surface area contributed by atoms with Crippen molar-refractivity contribution in [1.82, 2.24) is 9.80 Å². The Morgan fingerprint density at radius 2 is 1.65 bits per heavy atom. The van der Waals surface area contributed by atoms with Crippen molar-refractivity contribution in [2.45, 2.75) is 51.6 Å². The number of ether oxygens (including phenoxy) is 1. The molecule has 0 bridgehead atoms. The number of piperazine rings is 1. The number of likely N-dealkylation sites (N-methyl/N-ethyl adjacent to an activating group) is 1. The Labute approximate surface area is 223 Å². The summed E-state index contributed by atoms with van der Waals surface area (Å²) in [7, 11) is 3.95. The minimum atomic E-state index is -0.232. The van der Waals surface area contributed by atoms with E-state index in [1.54, 1.807) is 7.11 Å². The third-order valence-electron chi connectivity index (χ3n) is 8.87. The number of hydrogen-bond acceptors (Lipinski definition) is 6. The van der Waals surface area contributed by atoms with Gasteiger partial charge in [-0.3, -0.25) is 4.90 Å². The van der Waals surface area contributed by atoms with E-state index in [-0.39, 0.29) is 6.04 Å². The van der Waals surface area contributed by atoms with Crippen LogP contribution in [0, 0.1) is 5.92 Å². The SMILES string of the molecule is CCCC1CCN(c2ccc([C@@H](C=O)N3CCc4c(OC)ccc(N5CCN(C)CC5)c4C3)cc2)CC1. The van der Waals surface area contributed by atoms with Gasteiger partial charge in [0.05, 0.1) is 13.2 Å². The number of benzene rings is 2. The molecule has 5 rings (SSSR count). The van der Waals surface area contributed by atoms with Crippen molar-refractivity contribution in [2.24, 2.45) is 5.92 Å². The van der Waals surface area contributed by atoms with Crippen LogP contribution in [0.2, 0.25) is 0 Å². The van der Waals surface area contributed by atoms with Crippen molar-refractivity contribution in [3.63, 3.8) is 0 Å². The maximum absolute atomic E-state index is 12.5. The van der Waals surface area contributed by atoms with E-state index in [9.17, 15) is 4.79 Å². The average molecular weight is 505 g/mol. The number of carbonyl (C=O) groups is 1. The van der Waals surface area contributed by atoms with Gasteiger partial charge < -0.3 is 24.2 Å². The summed E-state index contributed by atoms with van der Waals surface area (Å²) in [4.78, 5) is 22.2. The Morgan fingerprint density at radius 1 is 0.919 bits per heavy atom. The molecule has 2 aromatic carbocycles. The summed E-state index contributed by atoms with van der Waals surface area (Å²) < 4.78 is 5.75. The van der Waals surface area contributed by atoms with Crippen molar-refractivity contribution in [1.29, 1.82) is 0 Å². The van der Waals surface area contributed by atoms with Crippen LogP contribution in [0.1, 0.15) is 55.3 Å². The number of carbonyl (C=O) groups excluding carboxylic acids is 1.